The number of hydrogen-bond donors (Lipinski definition) is 1. The number of carbonyl (C=O) groups is 2. The van der Waals surface area contributed by atoms with Gasteiger partial charge in [-0.05, 0) is 36.8 Å². The minimum atomic E-state index is -0.366. The van der Waals surface area contributed by atoms with Crippen LogP contribution in [0, 0.1) is 6.92 Å². The van der Waals surface area contributed by atoms with Crippen LogP contribution in [0.25, 0.3) is 0 Å². The van der Waals surface area contributed by atoms with Crippen molar-refractivity contribution in [1.29, 1.82) is 0 Å². The molecule has 5 heteroatoms. The Bertz CT molecular complexity index is 616. The van der Waals surface area contributed by atoms with E-state index < -0.39 is 0 Å². The molecular formula is C15H15NO3S. The average molecular weight is 289 g/mol. The molecule has 1 amide bonds. The molecule has 0 aliphatic heterocycles. The van der Waals surface area contributed by atoms with Crippen molar-refractivity contribution in [3.8, 4) is 0 Å². The fraction of sp³-hybridized carbons (Fsp3) is 0.200. The van der Waals surface area contributed by atoms with Gasteiger partial charge in [-0.25, -0.2) is 4.79 Å². The maximum absolute atomic E-state index is 11.9. The number of rotatable bonds is 4. The van der Waals surface area contributed by atoms with Crippen molar-refractivity contribution in [1.82, 2.24) is 5.32 Å². The smallest absolute Gasteiger partial charge is 0.337 e. The summed E-state index contributed by atoms with van der Waals surface area (Å²) in [5.74, 6) is -0.449. The van der Waals surface area contributed by atoms with Crippen molar-refractivity contribution in [2.45, 2.75) is 13.5 Å². The molecule has 1 heterocycles. The van der Waals surface area contributed by atoms with E-state index in [1.807, 2.05) is 19.1 Å². The first-order valence-corrected chi connectivity index (χ1v) is 6.93. The number of esters is 1. The molecule has 1 aromatic heterocycles. The standard InChI is InChI=1S/C15H15NO3S/c1-10-3-8-13(20-10)14(17)16-9-11-4-6-12(7-5-11)15(18)19-2/h3-8H,9H2,1-2H3,(H,16,17). The zero-order valence-corrected chi connectivity index (χ0v) is 12.1. The number of methoxy groups -OCH3 is 1. The van der Waals surface area contributed by atoms with Crippen molar-refractivity contribution < 1.29 is 14.3 Å². The van der Waals surface area contributed by atoms with Gasteiger partial charge in [0.05, 0.1) is 17.6 Å². The Morgan fingerprint density at radius 1 is 1.15 bits per heavy atom. The molecule has 1 aromatic carbocycles. The van der Waals surface area contributed by atoms with Gasteiger partial charge in [-0.2, -0.15) is 0 Å². The van der Waals surface area contributed by atoms with Crippen LogP contribution in [-0.4, -0.2) is 19.0 Å². The molecular weight excluding hydrogens is 274 g/mol. The van der Waals surface area contributed by atoms with Crippen LogP contribution in [-0.2, 0) is 11.3 Å². The molecule has 0 bridgehead atoms. The second-order valence-electron chi connectivity index (χ2n) is 4.28. The lowest BCUT2D eigenvalue weighted by Gasteiger charge is -2.05. The highest BCUT2D eigenvalue weighted by atomic mass is 32.1. The van der Waals surface area contributed by atoms with E-state index in [9.17, 15) is 9.59 Å². The fourth-order valence-electron chi connectivity index (χ4n) is 1.70. The van der Waals surface area contributed by atoms with Crippen LogP contribution >= 0.6 is 11.3 Å². The van der Waals surface area contributed by atoms with E-state index in [4.69, 9.17) is 0 Å². The van der Waals surface area contributed by atoms with Crippen molar-refractivity contribution in [3.05, 3.63) is 57.3 Å². The normalized spacial score (nSPS) is 10.1. The van der Waals surface area contributed by atoms with Crippen LogP contribution in [0.4, 0.5) is 0 Å². The van der Waals surface area contributed by atoms with Crippen molar-refractivity contribution in [2.75, 3.05) is 7.11 Å². The SMILES string of the molecule is COC(=O)c1ccc(CNC(=O)c2ccc(C)s2)cc1. The van der Waals surface area contributed by atoms with Gasteiger partial charge >= 0.3 is 5.97 Å². The average Bonchev–Trinajstić information content (AvgIpc) is 2.91. The molecule has 104 valence electrons. The lowest BCUT2D eigenvalue weighted by Crippen LogP contribution is -2.21. The Morgan fingerprint density at radius 3 is 2.40 bits per heavy atom. The largest absolute Gasteiger partial charge is 0.465 e. The topological polar surface area (TPSA) is 55.4 Å². The van der Waals surface area contributed by atoms with E-state index in [0.29, 0.717) is 17.0 Å². The molecule has 2 rings (SSSR count). The third kappa shape index (κ3) is 3.45. The van der Waals surface area contributed by atoms with E-state index in [1.54, 1.807) is 24.3 Å². The number of thiophene rings is 1. The fourth-order valence-corrected chi connectivity index (χ4v) is 2.49. The quantitative estimate of drug-likeness (QED) is 0.881. The van der Waals surface area contributed by atoms with Crippen LogP contribution in [0.15, 0.2) is 36.4 Å². The minimum absolute atomic E-state index is 0.0832. The molecule has 2 aromatic rings. The zero-order valence-electron chi connectivity index (χ0n) is 11.3. The second kappa shape index (κ2) is 6.34. The summed E-state index contributed by atoms with van der Waals surface area (Å²) in [5, 5.41) is 2.85. The number of benzene rings is 1. The number of carbonyl (C=O) groups excluding carboxylic acids is 2. The first-order chi connectivity index (χ1) is 9.60. The molecule has 0 spiro atoms. The van der Waals surface area contributed by atoms with Crippen LogP contribution in [0.1, 0.15) is 30.5 Å². The molecule has 1 N–H and O–H groups in total. The predicted octanol–water partition coefficient (Wildman–Crippen LogP) is 2.77. The number of amides is 1. The van der Waals surface area contributed by atoms with Gasteiger partial charge in [0, 0.05) is 11.4 Å². The van der Waals surface area contributed by atoms with Gasteiger partial charge in [-0.15, -0.1) is 11.3 Å². The summed E-state index contributed by atoms with van der Waals surface area (Å²) in [6.45, 7) is 2.39. The first kappa shape index (κ1) is 14.3. The number of ether oxygens (including phenoxy) is 1. The van der Waals surface area contributed by atoms with Crippen LogP contribution in [0.2, 0.25) is 0 Å². The molecule has 0 saturated carbocycles. The van der Waals surface area contributed by atoms with E-state index in [1.165, 1.54) is 18.4 Å². The van der Waals surface area contributed by atoms with Gasteiger partial charge in [0.25, 0.3) is 5.91 Å². The third-order valence-electron chi connectivity index (χ3n) is 2.79. The summed E-state index contributed by atoms with van der Waals surface area (Å²) in [6, 6.07) is 10.7. The number of aryl methyl sites for hydroxylation is 1. The highest BCUT2D eigenvalue weighted by molar-refractivity contribution is 7.13. The van der Waals surface area contributed by atoms with Crippen LogP contribution in [0.3, 0.4) is 0 Å². The molecule has 4 nitrogen and oxygen atoms in total. The Kier molecular flexibility index (Phi) is 4.53. The Hall–Kier alpha value is -2.14. The summed E-state index contributed by atoms with van der Waals surface area (Å²) in [7, 11) is 1.35. The lowest BCUT2D eigenvalue weighted by atomic mass is 10.1. The highest BCUT2D eigenvalue weighted by Crippen LogP contribution is 2.15. The third-order valence-corrected chi connectivity index (χ3v) is 3.79. The minimum Gasteiger partial charge on any atom is -0.465 e. The summed E-state index contributed by atoms with van der Waals surface area (Å²) >= 11 is 1.47. The summed E-state index contributed by atoms with van der Waals surface area (Å²) in [5.41, 5.74) is 1.43. The molecule has 0 saturated heterocycles. The molecule has 0 aliphatic carbocycles. The first-order valence-electron chi connectivity index (χ1n) is 6.12. The molecule has 0 aliphatic rings. The van der Waals surface area contributed by atoms with E-state index in [-0.39, 0.29) is 11.9 Å². The van der Waals surface area contributed by atoms with E-state index >= 15 is 0 Å². The van der Waals surface area contributed by atoms with Gasteiger partial charge in [-0.1, -0.05) is 12.1 Å². The zero-order chi connectivity index (χ0) is 14.5. The van der Waals surface area contributed by atoms with E-state index in [0.717, 1.165) is 10.4 Å². The van der Waals surface area contributed by atoms with Crippen molar-refractivity contribution in [2.24, 2.45) is 0 Å². The molecule has 0 atom stereocenters. The number of hydrogen-bond acceptors (Lipinski definition) is 4. The van der Waals surface area contributed by atoms with E-state index in [2.05, 4.69) is 10.1 Å². The van der Waals surface area contributed by atoms with Gasteiger partial charge in [-0.3, -0.25) is 4.79 Å². The molecule has 0 fully saturated rings. The number of nitrogens with one attached hydrogen (secondary N) is 1. The van der Waals surface area contributed by atoms with Crippen LogP contribution < -0.4 is 5.32 Å². The Morgan fingerprint density at radius 2 is 1.85 bits per heavy atom. The van der Waals surface area contributed by atoms with Gasteiger partial charge < -0.3 is 10.1 Å². The maximum atomic E-state index is 11.9. The molecule has 0 unspecified atom stereocenters. The monoisotopic (exact) mass is 289 g/mol. The maximum Gasteiger partial charge on any atom is 0.337 e. The molecule has 20 heavy (non-hydrogen) atoms. The predicted molar refractivity (Wildman–Crippen MR) is 78.0 cm³/mol. The molecule has 0 radical (unpaired) electrons. The van der Waals surface area contributed by atoms with Crippen molar-refractivity contribution in [3.63, 3.8) is 0 Å². The van der Waals surface area contributed by atoms with Gasteiger partial charge in [0.2, 0.25) is 0 Å². The van der Waals surface area contributed by atoms with Gasteiger partial charge in [0.1, 0.15) is 0 Å². The Balaban J connectivity index is 1.94. The van der Waals surface area contributed by atoms with Crippen molar-refractivity contribution >= 4 is 23.2 Å². The highest BCUT2D eigenvalue weighted by Gasteiger charge is 2.08. The van der Waals surface area contributed by atoms with Gasteiger partial charge in [0.15, 0.2) is 0 Å². The summed E-state index contributed by atoms with van der Waals surface area (Å²) in [6.07, 6.45) is 0. The summed E-state index contributed by atoms with van der Waals surface area (Å²) < 4.78 is 4.63. The second-order valence-corrected chi connectivity index (χ2v) is 5.57. The summed E-state index contributed by atoms with van der Waals surface area (Å²) in [4.78, 5) is 25.0. The lowest BCUT2D eigenvalue weighted by molar-refractivity contribution is 0.0600. The van der Waals surface area contributed by atoms with Crippen LogP contribution in [0.5, 0.6) is 0 Å². The Labute approximate surface area is 121 Å².